The number of rotatable bonds is 8. The number of primary amides is 1. The van der Waals surface area contributed by atoms with E-state index in [0.29, 0.717) is 0 Å². The van der Waals surface area contributed by atoms with Crippen LogP contribution in [0.3, 0.4) is 0 Å². The number of benzene rings is 1. The van der Waals surface area contributed by atoms with Crippen molar-refractivity contribution in [3.63, 3.8) is 0 Å². The fourth-order valence-electron chi connectivity index (χ4n) is 4.63. The molecule has 3 amide bonds. The summed E-state index contributed by atoms with van der Waals surface area (Å²) in [5, 5.41) is 2.66. The van der Waals surface area contributed by atoms with Crippen molar-refractivity contribution in [2.24, 2.45) is 11.1 Å². The maximum Gasteiger partial charge on any atom is 0.408 e. The summed E-state index contributed by atoms with van der Waals surface area (Å²) in [6.45, 7) is 7.13. The summed E-state index contributed by atoms with van der Waals surface area (Å²) in [7, 11) is -3.37. The molecule has 198 valence electrons. The molecule has 1 aliphatic carbocycles. The smallest absolute Gasteiger partial charge is 0.408 e. The summed E-state index contributed by atoms with van der Waals surface area (Å²) in [4.78, 5) is 39.5. The van der Waals surface area contributed by atoms with E-state index in [-0.39, 0.29) is 24.0 Å². The molecule has 0 bridgehead atoms. The van der Waals surface area contributed by atoms with Gasteiger partial charge in [0.15, 0.2) is 7.28 Å². The molecule has 2 aliphatic rings. The van der Waals surface area contributed by atoms with Gasteiger partial charge in [-0.2, -0.15) is 8.42 Å². The van der Waals surface area contributed by atoms with Crippen molar-refractivity contribution in [1.82, 2.24) is 10.2 Å². The van der Waals surface area contributed by atoms with Crippen LogP contribution in [0.5, 0.6) is 0 Å². The van der Waals surface area contributed by atoms with Gasteiger partial charge in [0.2, 0.25) is 11.8 Å². The largest absolute Gasteiger partial charge is 0.446 e. The number of nitrogens with two attached hydrogens (primary N) is 1. The molecule has 0 radical (unpaired) electrons. The molecule has 0 unspecified atom stereocenters. The molecule has 12 heteroatoms. The second-order valence-electron chi connectivity index (χ2n) is 10.6. The molecule has 1 saturated carbocycles. The molecular formula is C24H36BN3O7S. The number of carbonyl (C=O) groups excluding carboxylic acids is 3. The third kappa shape index (κ3) is 6.79. The predicted molar refractivity (Wildman–Crippen MR) is 136 cm³/mol. The van der Waals surface area contributed by atoms with Crippen molar-refractivity contribution in [2.75, 3.05) is 6.54 Å². The number of hydrogen-bond acceptors (Lipinski definition) is 7. The summed E-state index contributed by atoms with van der Waals surface area (Å²) in [5.41, 5.74) is 5.82. The molecule has 1 heterocycles. The molecule has 1 aromatic carbocycles. The fourth-order valence-corrected chi connectivity index (χ4v) is 5.71. The molecule has 10 nitrogen and oxygen atoms in total. The Morgan fingerprint density at radius 1 is 1.11 bits per heavy atom. The second kappa shape index (κ2) is 11.2. The second-order valence-corrected chi connectivity index (χ2v) is 12.1. The van der Waals surface area contributed by atoms with E-state index in [4.69, 9.17) is 14.7 Å². The Morgan fingerprint density at radius 3 is 2.25 bits per heavy atom. The number of carbonyl (C=O) groups is 3. The zero-order valence-corrected chi connectivity index (χ0v) is 22.2. The average molecular weight is 521 g/mol. The summed E-state index contributed by atoms with van der Waals surface area (Å²) < 4.78 is 36.5. The Kier molecular flexibility index (Phi) is 8.71. The lowest BCUT2D eigenvalue weighted by atomic mass is 9.74. The van der Waals surface area contributed by atoms with Crippen LogP contribution >= 0.6 is 0 Å². The minimum atomic E-state index is -4.13. The normalized spacial score (nSPS) is 21.7. The summed E-state index contributed by atoms with van der Waals surface area (Å²) >= 11 is 0. The summed E-state index contributed by atoms with van der Waals surface area (Å²) in [6.07, 6.45) is 1.63. The molecule has 1 aliphatic heterocycles. The Hall–Kier alpha value is -2.60. The van der Waals surface area contributed by atoms with Gasteiger partial charge in [0.05, 0.1) is 11.0 Å². The van der Waals surface area contributed by atoms with E-state index in [1.165, 1.54) is 17.0 Å². The first-order chi connectivity index (χ1) is 16.8. The first-order valence-corrected chi connectivity index (χ1v) is 13.8. The van der Waals surface area contributed by atoms with Crippen molar-refractivity contribution in [2.45, 2.75) is 88.9 Å². The number of alkyl carbamates (subject to hydrolysis) is 1. The minimum absolute atomic E-state index is 0.0102. The number of hydrogen-bond donors (Lipinski definition) is 2. The van der Waals surface area contributed by atoms with Crippen molar-refractivity contribution < 1.29 is 31.7 Å². The Morgan fingerprint density at radius 2 is 1.72 bits per heavy atom. The minimum Gasteiger partial charge on any atom is -0.446 e. The van der Waals surface area contributed by atoms with Crippen LogP contribution in [0.25, 0.3) is 0 Å². The highest BCUT2D eigenvalue weighted by molar-refractivity contribution is 7.86. The lowest BCUT2D eigenvalue weighted by Gasteiger charge is -2.35. The molecule has 0 aromatic heterocycles. The number of nitrogens with zero attached hydrogens (tertiary/aromatic N) is 1. The van der Waals surface area contributed by atoms with Crippen LogP contribution in [0.15, 0.2) is 29.2 Å². The maximum atomic E-state index is 13.6. The first-order valence-electron chi connectivity index (χ1n) is 12.4. The lowest BCUT2D eigenvalue weighted by molar-refractivity contribution is -0.141. The third-order valence-electron chi connectivity index (χ3n) is 6.71. The highest BCUT2D eigenvalue weighted by atomic mass is 32.2. The third-order valence-corrected chi connectivity index (χ3v) is 8.08. The van der Waals surface area contributed by atoms with Crippen LogP contribution in [-0.4, -0.2) is 69.3 Å². The molecule has 2 fully saturated rings. The van der Waals surface area contributed by atoms with Crippen LogP contribution in [0.2, 0.25) is 6.82 Å². The predicted octanol–water partition coefficient (Wildman–Crippen LogP) is 1.04. The Labute approximate surface area is 213 Å². The number of likely N-dealkylation sites (tertiary alicyclic amines) is 1. The molecule has 0 spiro atoms. The SMILES string of the molecule is CBc1ccc(S(=O)(=O)O[C@H]2C[C@@H](C(N)=O)N(C(=O)[C@@H](NC(=O)OC3CCCC3)C(C)(C)C)C2)cc1. The van der Waals surface area contributed by atoms with Crippen molar-refractivity contribution in [3.8, 4) is 0 Å². The fraction of sp³-hybridized carbons (Fsp3) is 0.625. The molecule has 1 aromatic rings. The van der Waals surface area contributed by atoms with Gasteiger partial charge in [0, 0.05) is 13.0 Å². The molecule has 36 heavy (non-hydrogen) atoms. The zero-order chi connectivity index (χ0) is 26.7. The molecular weight excluding hydrogens is 485 g/mol. The number of ether oxygens (including phenoxy) is 1. The van der Waals surface area contributed by atoms with Gasteiger partial charge in [-0.1, -0.05) is 45.2 Å². The van der Waals surface area contributed by atoms with Gasteiger partial charge < -0.3 is 20.7 Å². The van der Waals surface area contributed by atoms with Crippen LogP contribution in [0, 0.1) is 5.41 Å². The molecule has 3 atom stereocenters. The van der Waals surface area contributed by atoms with Gasteiger partial charge >= 0.3 is 6.09 Å². The molecule has 1 saturated heterocycles. The van der Waals surface area contributed by atoms with Gasteiger partial charge in [-0.3, -0.25) is 13.8 Å². The first kappa shape index (κ1) is 28.0. The highest BCUT2D eigenvalue weighted by Gasteiger charge is 2.46. The summed E-state index contributed by atoms with van der Waals surface area (Å²) in [6, 6.07) is 4.25. The van der Waals surface area contributed by atoms with Crippen molar-refractivity contribution in [1.29, 1.82) is 0 Å². The lowest BCUT2D eigenvalue weighted by Crippen LogP contribution is -2.57. The number of nitrogens with one attached hydrogen (secondary N) is 1. The Balaban J connectivity index is 1.75. The van der Waals surface area contributed by atoms with E-state index in [9.17, 15) is 22.8 Å². The number of amides is 3. The van der Waals surface area contributed by atoms with Gasteiger partial charge in [-0.05, 0) is 43.2 Å². The zero-order valence-electron chi connectivity index (χ0n) is 21.4. The van der Waals surface area contributed by atoms with E-state index in [1.54, 1.807) is 32.9 Å². The molecule has 3 rings (SSSR count). The van der Waals surface area contributed by atoms with Crippen LogP contribution < -0.4 is 16.5 Å². The van der Waals surface area contributed by atoms with Crippen LogP contribution in [0.1, 0.15) is 52.9 Å². The standard InChI is InChI=1S/C24H36BN3O7S/c1-24(2,3)20(27-23(31)34-16-7-5-6-8-16)22(30)28-14-17(13-19(28)21(26)29)35-36(32,33)18-11-9-15(25-4)10-12-18/h9-12,16-17,19-20,25H,5-8,13-14H2,1-4H3,(H2,26,29)(H,27,31)/t17-,19-,20+/m0/s1. The summed E-state index contributed by atoms with van der Waals surface area (Å²) in [5.74, 6) is -1.33. The van der Waals surface area contributed by atoms with Crippen LogP contribution in [-0.2, 0) is 28.6 Å². The van der Waals surface area contributed by atoms with Crippen molar-refractivity contribution >= 4 is 40.8 Å². The van der Waals surface area contributed by atoms with E-state index in [0.717, 1.165) is 38.4 Å². The van der Waals surface area contributed by atoms with E-state index in [1.807, 2.05) is 6.82 Å². The van der Waals surface area contributed by atoms with Gasteiger partial charge in [-0.25, -0.2) is 4.79 Å². The van der Waals surface area contributed by atoms with Crippen molar-refractivity contribution in [3.05, 3.63) is 24.3 Å². The average Bonchev–Trinajstić information content (AvgIpc) is 3.46. The highest BCUT2D eigenvalue weighted by Crippen LogP contribution is 2.29. The maximum absolute atomic E-state index is 13.6. The van der Waals surface area contributed by atoms with Gasteiger partial charge in [0.1, 0.15) is 18.2 Å². The quantitative estimate of drug-likeness (QED) is 0.384. The monoisotopic (exact) mass is 521 g/mol. The molecule has 3 N–H and O–H groups in total. The van der Waals surface area contributed by atoms with Gasteiger partial charge in [-0.15, -0.1) is 0 Å². The van der Waals surface area contributed by atoms with Gasteiger partial charge in [0.25, 0.3) is 10.1 Å². The Bertz CT molecular complexity index is 1070. The van der Waals surface area contributed by atoms with E-state index in [2.05, 4.69) is 5.32 Å². The van der Waals surface area contributed by atoms with E-state index >= 15 is 0 Å². The van der Waals surface area contributed by atoms with Crippen LogP contribution in [0.4, 0.5) is 4.79 Å². The topological polar surface area (TPSA) is 145 Å². The van der Waals surface area contributed by atoms with E-state index < -0.39 is 51.6 Å².